The smallest absolute Gasteiger partial charge is 0.416 e. The topological polar surface area (TPSA) is 65.9 Å². The Bertz CT molecular complexity index is 1200. The lowest BCUT2D eigenvalue weighted by molar-refractivity contribution is -0.137. The molecule has 1 spiro atoms. The molecule has 8 nitrogen and oxygen atoms in total. The number of piperidine rings is 2. The van der Waals surface area contributed by atoms with E-state index in [0.29, 0.717) is 37.2 Å². The lowest BCUT2D eigenvalue weighted by Crippen LogP contribution is -2.53. The molecule has 4 aliphatic rings. The highest BCUT2D eigenvalue weighted by Crippen LogP contribution is 2.42. The Labute approximate surface area is 233 Å². The molecule has 0 bridgehead atoms. The summed E-state index contributed by atoms with van der Waals surface area (Å²) >= 11 is 0. The Hall–Kier alpha value is -2.79. The van der Waals surface area contributed by atoms with Gasteiger partial charge < -0.3 is 19.9 Å². The van der Waals surface area contributed by atoms with Gasteiger partial charge in [-0.25, -0.2) is 4.79 Å². The second-order valence-electron chi connectivity index (χ2n) is 11.8. The number of benzene rings is 1. The number of aromatic nitrogens is 2. The molecule has 0 atom stereocenters. The fourth-order valence-corrected chi connectivity index (χ4v) is 6.79. The van der Waals surface area contributed by atoms with Crippen LogP contribution in [-0.4, -0.2) is 88.0 Å². The van der Waals surface area contributed by atoms with Crippen molar-refractivity contribution in [1.29, 1.82) is 0 Å². The van der Waals surface area contributed by atoms with Crippen molar-refractivity contribution in [2.75, 3.05) is 45.1 Å². The van der Waals surface area contributed by atoms with Gasteiger partial charge in [0.2, 0.25) is 0 Å². The summed E-state index contributed by atoms with van der Waals surface area (Å²) in [6.45, 7) is 4.58. The van der Waals surface area contributed by atoms with Crippen molar-refractivity contribution in [2.45, 2.75) is 81.8 Å². The Balaban J connectivity index is 1.14. The number of alkyl halides is 3. The summed E-state index contributed by atoms with van der Waals surface area (Å²) in [6, 6.07) is 6.33. The predicted molar refractivity (Wildman–Crippen MR) is 145 cm³/mol. The zero-order valence-corrected chi connectivity index (χ0v) is 23.1. The second kappa shape index (κ2) is 10.9. The van der Waals surface area contributed by atoms with Gasteiger partial charge >= 0.3 is 12.2 Å². The number of carbonyl (C=O) groups excluding carboxylic acids is 1. The van der Waals surface area contributed by atoms with Crippen LogP contribution in [0.4, 0.5) is 23.8 Å². The number of anilines is 1. The van der Waals surface area contributed by atoms with Gasteiger partial charge in [0.05, 0.1) is 5.56 Å². The maximum Gasteiger partial charge on any atom is 0.416 e. The highest BCUT2D eigenvalue weighted by molar-refractivity contribution is 5.76. The van der Waals surface area contributed by atoms with Crippen LogP contribution in [0.5, 0.6) is 5.75 Å². The van der Waals surface area contributed by atoms with Gasteiger partial charge in [-0.1, -0.05) is 6.07 Å². The highest BCUT2D eigenvalue weighted by Gasteiger charge is 2.44. The lowest BCUT2D eigenvalue weighted by Gasteiger charge is -2.45. The minimum atomic E-state index is -4.41. The van der Waals surface area contributed by atoms with E-state index >= 15 is 0 Å². The number of nitrogens with one attached hydrogen (secondary N) is 1. The van der Waals surface area contributed by atoms with Crippen LogP contribution in [0, 0.1) is 0 Å². The monoisotopic (exact) mass is 560 g/mol. The Morgan fingerprint density at radius 2 is 1.80 bits per heavy atom. The average Bonchev–Trinajstić information content (AvgIpc) is 3.57. The summed E-state index contributed by atoms with van der Waals surface area (Å²) in [4.78, 5) is 19.7. The number of hydrogen-bond donors (Lipinski definition) is 1. The van der Waals surface area contributed by atoms with Gasteiger partial charge in [-0.15, -0.1) is 5.10 Å². The molecule has 1 saturated carbocycles. The van der Waals surface area contributed by atoms with Gasteiger partial charge in [-0.3, -0.25) is 4.90 Å². The van der Waals surface area contributed by atoms with Crippen LogP contribution in [0.2, 0.25) is 0 Å². The Kier molecular flexibility index (Phi) is 7.45. The van der Waals surface area contributed by atoms with E-state index < -0.39 is 11.7 Å². The van der Waals surface area contributed by atoms with Crippen LogP contribution in [0.15, 0.2) is 30.5 Å². The number of carbonyl (C=O) groups is 1. The molecule has 1 aromatic heterocycles. The molecule has 6 rings (SSSR count). The second-order valence-corrected chi connectivity index (χ2v) is 11.8. The fraction of sp³-hybridized carbons (Fsp3) is 0.655. The SMILES string of the molecule is CNc1ccn(C(=O)N2CCC3(CCCN3Cc3ccc(C(F)(F)F)cc3OC3CCN(C4CC4)CC3)CC2)n1. The third-order valence-electron chi connectivity index (χ3n) is 9.34. The summed E-state index contributed by atoms with van der Waals surface area (Å²) in [7, 11) is 1.77. The normalized spacial score (nSPS) is 22.6. The Morgan fingerprint density at radius 1 is 1.05 bits per heavy atom. The van der Waals surface area contributed by atoms with Gasteiger partial charge in [-0.2, -0.15) is 17.9 Å². The van der Waals surface area contributed by atoms with Crippen molar-refractivity contribution >= 4 is 11.8 Å². The zero-order chi connectivity index (χ0) is 27.9. The van der Waals surface area contributed by atoms with Gasteiger partial charge in [0.25, 0.3) is 0 Å². The number of hydrogen-bond acceptors (Lipinski definition) is 6. The molecule has 4 fully saturated rings. The summed E-state index contributed by atoms with van der Waals surface area (Å²) in [6.07, 6.45) is 5.11. The molecular weight excluding hydrogens is 521 g/mol. The van der Waals surface area contributed by atoms with Crippen LogP contribution < -0.4 is 10.1 Å². The quantitative estimate of drug-likeness (QED) is 0.534. The third-order valence-corrected chi connectivity index (χ3v) is 9.34. The molecule has 1 aliphatic carbocycles. The van der Waals surface area contributed by atoms with E-state index in [1.165, 1.54) is 29.7 Å². The number of nitrogens with zero attached hydrogens (tertiary/aromatic N) is 5. The third kappa shape index (κ3) is 5.68. The molecule has 11 heteroatoms. The van der Waals surface area contributed by atoms with E-state index in [1.54, 1.807) is 25.4 Å². The van der Waals surface area contributed by atoms with Crippen LogP contribution in [0.3, 0.4) is 0 Å². The van der Waals surface area contributed by atoms with E-state index in [-0.39, 0.29) is 17.7 Å². The first-order chi connectivity index (χ1) is 19.2. The summed E-state index contributed by atoms with van der Waals surface area (Å²) in [5, 5.41) is 7.21. The zero-order valence-electron chi connectivity index (χ0n) is 23.1. The molecule has 1 aromatic carbocycles. The average molecular weight is 561 g/mol. The van der Waals surface area contributed by atoms with Crippen molar-refractivity contribution < 1.29 is 22.7 Å². The van der Waals surface area contributed by atoms with E-state index in [2.05, 4.69) is 20.2 Å². The number of ether oxygens (including phenoxy) is 1. The van der Waals surface area contributed by atoms with Crippen molar-refractivity contribution in [3.8, 4) is 5.75 Å². The van der Waals surface area contributed by atoms with Crippen molar-refractivity contribution in [3.05, 3.63) is 41.6 Å². The minimum absolute atomic E-state index is 0.0629. The fourth-order valence-electron chi connectivity index (χ4n) is 6.79. The molecule has 1 N–H and O–H groups in total. The van der Waals surface area contributed by atoms with Gasteiger partial charge in [0, 0.05) is 69.2 Å². The highest BCUT2D eigenvalue weighted by atomic mass is 19.4. The van der Waals surface area contributed by atoms with Crippen LogP contribution in [-0.2, 0) is 12.7 Å². The molecule has 0 radical (unpaired) electrons. The van der Waals surface area contributed by atoms with E-state index in [0.717, 1.165) is 63.7 Å². The number of likely N-dealkylation sites (tertiary alicyclic amines) is 3. The number of halogens is 3. The van der Waals surface area contributed by atoms with Gasteiger partial charge in [-0.05, 0) is 70.0 Å². The summed E-state index contributed by atoms with van der Waals surface area (Å²) in [5.74, 6) is 1.01. The molecule has 218 valence electrons. The van der Waals surface area contributed by atoms with E-state index in [9.17, 15) is 18.0 Å². The lowest BCUT2D eigenvalue weighted by atomic mass is 9.84. The molecule has 2 aromatic rings. The van der Waals surface area contributed by atoms with E-state index in [1.807, 2.05) is 4.90 Å². The van der Waals surface area contributed by atoms with Crippen LogP contribution in [0.1, 0.15) is 62.5 Å². The minimum Gasteiger partial charge on any atom is -0.490 e. The predicted octanol–water partition coefficient (Wildman–Crippen LogP) is 5.05. The van der Waals surface area contributed by atoms with Gasteiger partial charge in [0.15, 0.2) is 0 Å². The molecular formula is C29H39F3N6O2. The van der Waals surface area contributed by atoms with E-state index in [4.69, 9.17) is 4.74 Å². The number of rotatable bonds is 6. The molecule has 3 saturated heterocycles. The molecule has 3 aliphatic heterocycles. The summed E-state index contributed by atoms with van der Waals surface area (Å²) in [5.41, 5.74) is 0.0882. The molecule has 40 heavy (non-hydrogen) atoms. The molecule has 4 heterocycles. The van der Waals surface area contributed by atoms with Gasteiger partial charge in [0.1, 0.15) is 17.7 Å². The maximum atomic E-state index is 13.6. The largest absolute Gasteiger partial charge is 0.490 e. The van der Waals surface area contributed by atoms with Crippen molar-refractivity contribution in [3.63, 3.8) is 0 Å². The number of amides is 1. The van der Waals surface area contributed by atoms with Crippen molar-refractivity contribution in [1.82, 2.24) is 24.5 Å². The standard InChI is InChI=1S/C29H39F3N6O2/c1-33-26-9-16-38(34-26)27(39)36-17-11-28(12-18-36)10-2-13-37(28)20-21-3-4-22(29(30,31)32)19-25(21)40-24-7-14-35(15-8-24)23-5-6-23/h3-4,9,16,19,23-24H,2,5-8,10-15,17-18,20H2,1H3,(H,33,34). The van der Waals surface area contributed by atoms with Crippen molar-refractivity contribution in [2.24, 2.45) is 0 Å². The molecule has 1 amide bonds. The maximum absolute atomic E-state index is 13.6. The first kappa shape index (κ1) is 27.4. The van der Waals surface area contributed by atoms with Crippen LogP contribution in [0.25, 0.3) is 0 Å². The summed E-state index contributed by atoms with van der Waals surface area (Å²) < 4.78 is 48.7. The first-order valence-electron chi connectivity index (χ1n) is 14.6. The Morgan fingerprint density at radius 3 is 2.45 bits per heavy atom. The van der Waals surface area contributed by atoms with Crippen LogP contribution >= 0.6 is 0 Å². The molecule has 0 unspecified atom stereocenters. The first-order valence-corrected chi connectivity index (χ1v) is 14.6.